The lowest BCUT2D eigenvalue weighted by Gasteiger charge is -2.09. The van der Waals surface area contributed by atoms with Crippen molar-refractivity contribution >= 4 is 15.9 Å². The number of hydrogen-bond donors (Lipinski definition) is 1. The summed E-state index contributed by atoms with van der Waals surface area (Å²) in [7, 11) is 0. The molecule has 0 spiro atoms. The number of nitrogens with one attached hydrogen (secondary N) is 1. The number of halogens is 1. The van der Waals surface area contributed by atoms with Crippen LogP contribution in [-0.2, 0) is 6.54 Å². The maximum absolute atomic E-state index is 4.11. The molecule has 0 fully saturated rings. The Bertz CT molecular complexity index is 493. The smallest absolute Gasteiger partial charge is 0.0783 e. The zero-order chi connectivity index (χ0) is 12.3. The lowest BCUT2D eigenvalue weighted by molar-refractivity contribution is 0.570. The highest BCUT2D eigenvalue weighted by molar-refractivity contribution is 9.10. The maximum atomic E-state index is 4.11. The zero-order valence-electron chi connectivity index (χ0n) is 9.89. The van der Waals surface area contributed by atoms with Gasteiger partial charge in [-0.1, -0.05) is 41.1 Å². The molecule has 1 aromatic heterocycles. The van der Waals surface area contributed by atoms with Gasteiger partial charge in [0.05, 0.1) is 17.6 Å². The SMILES string of the molecule is CC(C)NCc1cnnn1-c1cccc(Br)c1. The molecule has 0 atom stereocenters. The van der Waals surface area contributed by atoms with Gasteiger partial charge in [-0.05, 0) is 18.2 Å². The molecule has 1 aromatic carbocycles. The summed E-state index contributed by atoms with van der Waals surface area (Å²) >= 11 is 3.46. The van der Waals surface area contributed by atoms with Gasteiger partial charge in [0.25, 0.3) is 0 Å². The molecule has 0 aliphatic carbocycles. The quantitative estimate of drug-likeness (QED) is 0.942. The van der Waals surface area contributed by atoms with Crippen LogP contribution in [0, 0.1) is 0 Å². The van der Waals surface area contributed by atoms with Crippen molar-refractivity contribution in [1.29, 1.82) is 0 Å². The van der Waals surface area contributed by atoms with Crippen molar-refractivity contribution in [3.05, 3.63) is 40.6 Å². The normalized spacial score (nSPS) is 11.1. The van der Waals surface area contributed by atoms with E-state index in [2.05, 4.69) is 45.4 Å². The Morgan fingerprint density at radius 2 is 2.24 bits per heavy atom. The Hall–Kier alpha value is -1.20. The van der Waals surface area contributed by atoms with Crippen molar-refractivity contribution in [1.82, 2.24) is 20.3 Å². The van der Waals surface area contributed by atoms with Crippen molar-refractivity contribution in [2.24, 2.45) is 0 Å². The minimum atomic E-state index is 0.445. The van der Waals surface area contributed by atoms with Gasteiger partial charge in [0.1, 0.15) is 0 Å². The molecule has 0 amide bonds. The highest BCUT2D eigenvalue weighted by atomic mass is 79.9. The van der Waals surface area contributed by atoms with Gasteiger partial charge in [0.15, 0.2) is 0 Å². The highest BCUT2D eigenvalue weighted by Crippen LogP contribution is 2.15. The average Bonchev–Trinajstić information content (AvgIpc) is 2.74. The third kappa shape index (κ3) is 3.14. The third-order valence-electron chi connectivity index (χ3n) is 2.36. The monoisotopic (exact) mass is 294 g/mol. The number of aromatic nitrogens is 3. The molecule has 1 N–H and O–H groups in total. The fraction of sp³-hybridized carbons (Fsp3) is 0.333. The molecule has 1 heterocycles. The van der Waals surface area contributed by atoms with E-state index in [4.69, 9.17) is 0 Å². The predicted molar refractivity (Wildman–Crippen MR) is 71.0 cm³/mol. The second-order valence-corrected chi connectivity index (χ2v) is 5.07. The molecule has 0 saturated carbocycles. The predicted octanol–water partition coefficient (Wildman–Crippen LogP) is 2.53. The van der Waals surface area contributed by atoms with Gasteiger partial charge < -0.3 is 5.32 Å². The minimum Gasteiger partial charge on any atom is -0.309 e. The molecule has 0 saturated heterocycles. The number of hydrogen-bond acceptors (Lipinski definition) is 3. The molecule has 5 heteroatoms. The second-order valence-electron chi connectivity index (χ2n) is 4.15. The summed E-state index contributed by atoms with van der Waals surface area (Å²) in [6.45, 7) is 5.00. The first-order valence-electron chi connectivity index (χ1n) is 5.55. The molecule has 17 heavy (non-hydrogen) atoms. The molecule has 0 aliphatic rings. The van der Waals surface area contributed by atoms with Crippen molar-refractivity contribution in [3.63, 3.8) is 0 Å². The van der Waals surface area contributed by atoms with Crippen molar-refractivity contribution in [2.75, 3.05) is 0 Å². The van der Waals surface area contributed by atoms with Crippen LogP contribution in [-0.4, -0.2) is 21.0 Å². The van der Waals surface area contributed by atoms with Gasteiger partial charge in [-0.15, -0.1) is 5.10 Å². The molecular weight excluding hydrogens is 280 g/mol. The lowest BCUT2D eigenvalue weighted by Crippen LogP contribution is -2.23. The zero-order valence-corrected chi connectivity index (χ0v) is 11.5. The van der Waals surface area contributed by atoms with Gasteiger partial charge in [-0.2, -0.15) is 0 Å². The van der Waals surface area contributed by atoms with E-state index in [0.717, 1.165) is 22.4 Å². The number of nitrogens with zero attached hydrogens (tertiary/aromatic N) is 3. The van der Waals surface area contributed by atoms with E-state index < -0.39 is 0 Å². The van der Waals surface area contributed by atoms with Gasteiger partial charge in [0, 0.05) is 17.1 Å². The molecule has 2 rings (SSSR count). The van der Waals surface area contributed by atoms with E-state index in [1.54, 1.807) is 6.20 Å². The molecular formula is C12H15BrN4. The average molecular weight is 295 g/mol. The molecule has 0 unspecified atom stereocenters. The van der Waals surface area contributed by atoms with Gasteiger partial charge in [0.2, 0.25) is 0 Å². The van der Waals surface area contributed by atoms with Crippen molar-refractivity contribution in [3.8, 4) is 5.69 Å². The van der Waals surface area contributed by atoms with Crippen molar-refractivity contribution in [2.45, 2.75) is 26.4 Å². The summed E-state index contributed by atoms with van der Waals surface area (Å²) in [5, 5.41) is 11.4. The van der Waals surface area contributed by atoms with E-state index in [9.17, 15) is 0 Å². The summed E-state index contributed by atoms with van der Waals surface area (Å²) in [6.07, 6.45) is 1.79. The van der Waals surface area contributed by atoms with Crippen LogP contribution in [0.15, 0.2) is 34.9 Å². The van der Waals surface area contributed by atoms with Gasteiger partial charge >= 0.3 is 0 Å². The minimum absolute atomic E-state index is 0.445. The standard InChI is InChI=1S/C12H15BrN4/c1-9(2)14-7-12-8-15-16-17(12)11-5-3-4-10(13)6-11/h3-6,8-9,14H,7H2,1-2H3. The Kier molecular flexibility index (Phi) is 3.91. The fourth-order valence-corrected chi connectivity index (χ4v) is 1.90. The van der Waals surface area contributed by atoms with Crippen LogP contribution in [0.5, 0.6) is 0 Å². The first-order chi connectivity index (χ1) is 8.16. The van der Waals surface area contributed by atoms with Crippen LogP contribution < -0.4 is 5.32 Å². The molecule has 2 aromatic rings. The first-order valence-corrected chi connectivity index (χ1v) is 6.35. The Morgan fingerprint density at radius 3 is 2.94 bits per heavy atom. The number of rotatable bonds is 4. The Morgan fingerprint density at radius 1 is 1.41 bits per heavy atom. The Balaban J connectivity index is 2.24. The van der Waals surface area contributed by atoms with Crippen LogP contribution in [0.4, 0.5) is 0 Å². The Labute approximate surface area is 109 Å². The summed E-state index contributed by atoms with van der Waals surface area (Å²) in [4.78, 5) is 0. The van der Waals surface area contributed by atoms with Crippen LogP contribution >= 0.6 is 15.9 Å². The maximum Gasteiger partial charge on any atom is 0.0783 e. The summed E-state index contributed by atoms with van der Waals surface area (Å²) < 4.78 is 2.88. The van der Waals surface area contributed by atoms with Crippen LogP contribution in [0.3, 0.4) is 0 Å². The summed E-state index contributed by atoms with van der Waals surface area (Å²) in [5.41, 5.74) is 2.06. The second kappa shape index (κ2) is 5.42. The van der Waals surface area contributed by atoms with E-state index in [1.165, 1.54) is 0 Å². The summed E-state index contributed by atoms with van der Waals surface area (Å²) in [5.74, 6) is 0. The van der Waals surface area contributed by atoms with E-state index >= 15 is 0 Å². The van der Waals surface area contributed by atoms with Crippen LogP contribution in [0.25, 0.3) is 5.69 Å². The largest absolute Gasteiger partial charge is 0.309 e. The fourth-order valence-electron chi connectivity index (χ4n) is 1.51. The van der Waals surface area contributed by atoms with E-state index in [0.29, 0.717) is 6.04 Å². The van der Waals surface area contributed by atoms with E-state index in [1.807, 2.05) is 28.9 Å². The molecule has 0 aliphatic heterocycles. The van der Waals surface area contributed by atoms with Crippen LogP contribution in [0.1, 0.15) is 19.5 Å². The third-order valence-corrected chi connectivity index (χ3v) is 2.86. The first kappa shape index (κ1) is 12.3. The lowest BCUT2D eigenvalue weighted by atomic mass is 10.3. The van der Waals surface area contributed by atoms with E-state index in [-0.39, 0.29) is 0 Å². The molecule has 0 radical (unpaired) electrons. The van der Waals surface area contributed by atoms with Gasteiger partial charge in [-0.3, -0.25) is 0 Å². The molecule has 0 bridgehead atoms. The summed E-state index contributed by atoms with van der Waals surface area (Å²) in [6, 6.07) is 8.46. The highest BCUT2D eigenvalue weighted by Gasteiger charge is 2.06. The molecule has 4 nitrogen and oxygen atoms in total. The number of benzene rings is 1. The topological polar surface area (TPSA) is 42.7 Å². The molecule has 90 valence electrons. The van der Waals surface area contributed by atoms with Gasteiger partial charge in [-0.25, -0.2) is 4.68 Å². The van der Waals surface area contributed by atoms with Crippen molar-refractivity contribution < 1.29 is 0 Å². The van der Waals surface area contributed by atoms with Crippen LogP contribution in [0.2, 0.25) is 0 Å².